The van der Waals surface area contributed by atoms with Gasteiger partial charge in [-0.15, -0.1) is 0 Å². The SMILES string of the molecule is O=C(Cc1[nH]c(=S)n2c1[C@@H]1C[C@]1(c1cc(Cl)ccc1F)C2)N1CCCCC1. The number of hydrogen-bond acceptors (Lipinski definition) is 2. The molecule has 7 heteroatoms. The fraction of sp³-hybridized carbons (Fsp3) is 0.500. The van der Waals surface area contributed by atoms with Crippen molar-refractivity contribution in [3.63, 3.8) is 0 Å². The van der Waals surface area contributed by atoms with Crippen LogP contribution in [0.3, 0.4) is 0 Å². The molecule has 3 heterocycles. The summed E-state index contributed by atoms with van der Waals surface area (Å²) in [5, 5.41) is 0.550. The molecule has 4 nitrogen and oxygen atoms in total. The van der Waals surface area contributed by atoms with Gasteiger partial charge in [0.05, 0.1) is 6.42 Å². The number of imidazole rings is 1. The van der Waals surface area contributed by atoms with Crippen molar-refractivity contribution in [3.05, 3.63) is 50.8 Å². The molecule has 1 aromatic carbocycles. The number of halogens is 2. The Morgan fingerprint density at radius 2 is 2.11 bits per heavy atom. The van der Waals surface area contributed by atoms with E-state index in [1.54, 1.807) is 12.1 Å². The number of H-pyrrole nitrogens is 1. The molecule has 2 aromatic rings. The molecule has 1 aliphatic carbocycles. The van der Waals surface area contributed by atoms with E-state index < -0.39 is 0 Å². The number of nitrogens with zero attached hydrogens (tertiary/aromatic N) is 2. The molecule has 5 rings (SSSR count). The summed E-state index contributed by atoms with van der Waals surface area (Å²) in [7, 11) is 0. The standard InChI is InChI=1S/C20H21ClFN3OS/c21-12-4-5-15(22)13(8-12)20-10-14(20)18-16(23-19(27)25(18)11-20)9-17(26)24-6-2-1-3-7-24/h4-5,8,14H,1-3,6-7,9-11H2,(H,23,27)/t14-,20+/m0/s1. The second-order valence-corrected chi connectivity index (χ2v) is 8.86. The number of carbonyl (C=O) groups is 1. The Kier molecular flexibility index (Phi) is 3.99. The van der Waals surface area contributed by atoms with Crippen LogP contribution in [0, 0.1) is 10.6 Å². The number of aromatic nitrogens is 2. The zero-order chi connectivity index (χ0) is 18.8. The number of piperidine rings is 1. The minimum absolute atomic E-state index is 0.154. The molecule has 142 valence electrons. The first-order chi connectivity index (χ1) is 13.0. The molecule has 1 N–H and O–H groups in total. The Bertz CT molecular complexity index is 994. The van der Waals surface area contributed by atoms with Gasteiger partial charge in [0, 0.05) is 47.4 Å². The van der Waals surface area contributed by atoms with Crippen LogP contribution >= 0.6 is 23.8 Å². The summed E-state index contributed by atoms with van der Waals surface area (Å²) in [6.07, 6.45) is 4.58. The van der Waals surface area contributed by atoms with E-state index in [9.17, 15) is 9.18 Å². The van der Waals surface area contributed by atoms with Gasteiger partial charge in [0.1, 0.15) is 5.82 Å². The van der Waals surface area contributed by atoms with Gasteiger partial charge in [-0.3, -0.25) is 4.79 Å². The van der Waals surface area contributed by atoms with Crippen molar-refractivity contribution in [2.75, 3.05) is 13.1 Å². The van der Waals surface area contributed by atoms with E-state index in [0.29, 0.717) is 28.3 Å². The van der Waals surface area contributed by atoms with Crippen molar-refractivity contribution < 1.29 is 9.18 Å². The van der Waals surface area contributed by atoms with Gasteiger partial charge in [0.25, 0.3) is 0 Å². The maximum Gasteiger partial charge on any atom is 0.228 e. The van der Waals surface area contributed by atoms with E-state index in [-0.39, 0.29) is 23.1 Å². The van der Waals surface area contributed by atoms with Crippen LogP contribution < -0.4 is 0 Å². The molecule has 0 unspecified atom stereocenters. The zero-order valence-electron chi connectivity index (χ0n) is 14.9. The average molecular weight is 406 g/mol. The predicted molar refractivity (Wildman–Crippen MR) is 104 cm³/mol. The Labute approximate surface area is 167 Å². The van der Waals surface area contributed by atoms with Gasteiger partial charge < -0.3 is 14.5 Å². The summed E-state index contributed by atoms with van der Waals surface area (Å²) in [5.74, 6) is 0.137. The molecule has 0 bridgehead atoms. The van der Waals surface area contributed by atoms with Gasteiger partial charge in [0.2, 0.25) is 5.91 Å². The summed E-state index contributed by atoms with van der Waals surface area (Å²) in [4.78, 5) is 17.9. The quantitative estimate of drug-likeness (QED) is 0.772. The van der Waals surface area contributed by atoms with Gasteiger partial charge in [-0.05, 0) is 61.7 Å². The molecule has 0 radical (unpaired) electrons. The summed E-state index contributed by atoms with van der Waals surface area (Å²) in [6, 6.07) is 4.77. The van der Waals surface area contributed by atoms with Gasteiger partial charge in [0.15, 0.2) is 4.77 Å². The second-order valence-electron chi connectivity index (χ2n) is 8.04. The van der Waals surface area contributed by atoms with Gasteiger partial charge in [-0.1, -0.05) is 11.6 Å². The first-order valence-electron chi connectivity index (χ1n) is 9.54. The fourth-order valence-electron chi connectivity index (χ4n) is 5.01. The van der Waals surface area contributed by atoms with Crippen LogP contribution in [0.4, 0.5) is 4.39 Å². The number of fused-ring (bicyclic) bond motifs is 3. The van der Waals surface area contributed by atoms with Gasteiger partial charge >= 0.3 is 0 Å². The van der Waals surface area contributed by atoms with Crippen LogP contribution in [-0.2, 0) is 23.2 Å². The van der Waals surface area contributed by atoms with E-state index in [4.69, 9.17) is 23.8 Å². The molecule has 2 atom stereocenters. The number of rotatable bonds is 3. The van der Waals surface area contributed by atoms with Crippen molar-refractivity contribution in [1.82, 2.24) is 14.5 Å². The minimum Gasteiger partial charge on any atom is -0.342 e. The van der Waals surface area contributed by atoms with Crippen molar-refractivity contribution >= 4 is 29.7 Å². The average Bonchev–Trinajstić information content (AvgIpc) is 3.16. The third kappa shape index (κ3) is 2.68. The molecular weight excluding hydrogens is 385 g/mol. The first-order valence-corrected chi connectivity index (χ1v) is 10.3. The molecule has 1 amide bonds. The van der Waals surface area contributed by atoms with Crippen LogP contribution in [0.5, 0.6) is 0 Å². The first kappa shape index (κ1) is 17.4. The summed E-state index contributed by atoms with van der Waals surface area (Å²) >= 11 is 11.6. The molecule has 3 aliphatic rings. The van der Waals surface area contributed by atoms with Crippen molar-refractivity contribution in [2.45, 2.75) is 50.0 Å². The number of hydrogen-bond donors (Lipinski definition) is 1. The van der Waals surface area contributed by atoms with Crippen LogP contribution in [0.2, 0.25) is 5.02 Å². The molecule has 1 aromatic heterocycles. The molecule has 2 aliphatic heterocycles. The lowest BCUT2D eigenvalue weighted by Gasteiger charge is -2.26. The lowest BCUT2D eigenvalue weighted by Crippen LogP contribution is -2.36. The minimum atomic E-state index is -0.268. The molecule has 0 spiro atoms. The maximum atomic E-state index is 14.5. The highest BCUT2D eigenvalue weighted by atomic mass is 35.5. The highest BCUT2D eigenvalue weighted by Crippen LogP contribution is 2.66. The Hall–Kier alpha value is -1.66. The van der Waals surface area contributed by atoms with E-state index in [1.165, 1.54) is 12.5 Å². The third-order valence-electron chi connectivity index (χ3n) is 6.45. The maximum absolute atomic E-state index is 14.5. The Balaban J connectivity index is 1.45. The number of benzene rings is 1. The van der Waals surface area contributed by atoms with E-state index in [2.05, 4.69) is 9.55 Å². The van der Waals surface area contributed by atoms with Gasteiger partial charge in [-0.25, -0.2) is 4.39 Å². The number of aromatic amines is 1. The van der Waals surface area contributed by atoms with Crippen molar-refractivity contribution in [1.29, 1.82) is 0 Å². The fourth-order valence-corrected chi connectivity index (χ4v) is 5.47. The smallest absolute Gasteiger partial charge is 0.228 e. The highest BCUT2D eigenvalue weighted by Gasteiger charge is 2.63. The molecule has 1 saturated heterocycles. The number of carbonyl (C=O) groups excluding carboxylic acids is 1. The van der Waals surface area contributed by atoms with E-state index in [1.807, 2.05) is 4.90 Å². The second kappa shape index (κ2) is 6.17. The summed E-state index contributed by atoms with van der Waals surface area (Å²) in [6.45, 7) is 2.34. The van der Waals surface area contributed by atoms with E-state index in [0.717, 1.165) is 43.7 Å². The lowest BCUT2D eigenvalue weighted by molar-refractivity contribution is -0.131. The molecular formula is C20H21ClFN3OS. The van der Waals surface area contributed by atoms with Crippen molar-refractivity contribution in [2.24, 2.45) is 0 Å². The van der Waals surface area contributed by atoms with Crippen molar-refractivity contribution in [3.8, 4) is 0 Å². The number of amides is 1. The van der Waals surface area contributed by atoms with Crippen LogP contribution in [-0.4, -0.2) is 33.4 Å². The number of nitrogens with one attached hydrogen (secondary N) is 1. The van der Waals surface area contributed by atoms with Gasteiger partial charge in [-0.2, -0.15) is 0 Å². The third-order valence-corrected chi connectivity index (χ3v) is 7.01. The normalized spacial score (nSPS) is 26.0. The largest absolute Gasteiger partial charge is 0.342 e. The molecule has 27 heavy (non-hydrogen) atoms. The predicted octanol–water partition coefficient (Wildman–Crippen LogP) is 4.33. The van der Waals surface area contributed by atoms with Crippen LogP contribution in [0.15, 0.2) is 18.2 Å². The molecule has 1 saturated carbocycles. The summed E-state index contributed by atoms with van der Waals surface area (Å²) in [5.41, 5.74) is 2.40. The zero-order valence-corrected chi connectivity index (χ0v) is 16.5. The lowest BCUT2D eigenvalue weighted by atomic mass is 9.93. The van der Waals surface area contributed by atoms with Crippen LogP contribution in [0.1, 0.15) is 48.6 Å². The topological polar surface area (TPSA) is 41.0 Å². The Morgan fingerprint density at radius 1 is 1.33 bits per heavy atom. The monoisotopic (exact) mass is 405 g/mol. The molecule has 2 fully saturated rings. The van der Waals surface area contributed by atoms with E-state index >= 15 is 0 Å². The van der Waals surface area contributed by atoms with Crippen LogP contribution in [0.25, 0.3) is 0 Å². The Morgan fingerprint density at radius 3 is 2.89 bits per heavy atom. The summed E-state index contributed by atoms with van der Waals surface area (Å²) < 4.78 is 17.2. The highest BCUT2D eigenvalue weighted by molar-refractivity contribution is 7.71. The number of likely N-dealkylation sites (tertiary alicyclic amines) is 1.